The Balaban J connectivity index is 2.50. The van der Waals surface area contributed by atoms with Crippen molar-refractivity contribution in [3.05, 3.63) is 12.2 Å². The summed E-state index contributed by atoms with van der Waals surface area (Å²) in [5.74, 6) is 0. The van der Waals surface area contributed by atoms with Crippen molar-refractivity contribution >= 4 is 0 Å². The van der Waals surface area contributed by atoms with Crippen LogP contribution in [0, 0.1) is 0 Å². The van der Waals surface area contributed by atoms with E-state index in [9.17, 15) is 0 Å². The topological polar surface area (TPSA) is 38.0 Å². The molecule has 46 valence electrons. The number of hydrogen-bond acceptors (Lipinski definition) is 2. The second kappa shape index (κ2) is 1.88. The van der Waals surface area contributed by atoms with Crippen molar-refractivity contribution in [3.8, 4) is 0 Å². The highest BCUT2D eigenvalue weighted by atomic mass is 15.1. The SMILES string of the molecule is C[C@@]1(N)CC=CCN1. The van der Waals surface area contributed by atoms with Gasteiger partial charge in [-0.05, 0) is 13.3 Å². The summed E-state index contributed by atoms with van der Waals surface area (Å²) in [6, 6.07) is 0. The Kier molecular flexibility index (Phi) is 1.36. The number of rotatable bonds is 0. The summed E-state index contributed by atoms with van der Waals surface area (Å²) in [5.41, 5.74) is 5.56. The van der Waals surface area contributed by atoms with Crippen LogP contribution in [0.4, 0.5) is 0 Å². The van der Waals surface area contributed by atoms with E-state index in [0.29, 0.717) is 0 Å². The van der Waals surface area contributed by atoms with Crippen molar-refractivity contribution in [3.63, 3.8) is 0 Å². The molecule has 0 bridgehead atoms. The molecule has 1 aliphatic rings. The lowest BCUT2D eigenvalue weighted by atomic mass is 10.1. The molecule has 0 aliphatic carbocycles. The van der Waals surface area contributed by atoms with E-state index in [4.69, 9.17) is 5.73 Å². The molecule has 2 heteroatoms. The van der Waals surface area contributed by atoms with Crippen LogP contribution in [0.15, 0.2) is 12.2 Å². The van der Waals surface area contributed by atoms with Crippen molar-refractivity contribution in [2.45, 2.75) is 19.0 Å². The normalized spacial score (nSPS) is 37.8. The van der Waals surface area contributed by atoms with Crippen molar-refractivity contribution in [2.75, 3.05) is 6.54 Å². The van der Waals surface area contributed by atoms with Crippen LogP contribution in [0.25, 0.3) is 0 Å². The molecule has 3 N–H and O–H groups in total. The van der Waals surface area contributed by atoms with E-state index in [-0.39, 0.29) is 5.66 Å². The van der Waals surface area contributed by atoms with Gasteiger partial charge in [-0.15, -0.1) is 0 Å². The lowest BCUT2D eigenvalue weighted by Gasteiger charge is -2.26. The molecular formula is C6H12N2. The first-order chi connectivity index (χ1) is 3.71. The van der Waals surface area contributed by atoms with Gasteiger partial charge in [0.05, 0.1) is 5.66 Å². The Morgan fingerprint density at radius 1 is 1.62 bits per heavy atom. The van der Waals surface area contributed by atoms with Gasteiger partial charge in [0.15, 0.2) is 0 Å². The summed E-state index contributed by atoms with van der Waals surface area (Å²) < 4.78 is 0. The van der Waals surface area contributed by atoms with Gasteiger partial charge in [-0.2, -0.15) is 0 Å². The maximum atomic E-state index is 5.72. The first-order valence-electron chi connectivity index (χ1n) is 2.90. The van der Waals surface area contributed by atoms with Crippen molar-refractivity contribution in [1.29, 1.82) is 0 Å². The molecule has 0 radical (unpaired) electrons. The monoisotopic (exact) mass is 112 g/mol. The number of hydrogen-bond donors (Lipinski definition) is 2. The summed E-state index contributed by atoms with van der Waals surface area (Å²) in [6.45, 7) is 2.91. The molecule has 1 rings (SSSR count). The Morgan fingerprint density at radius 2 is 2.38 bits per heavy atom. The Labute approximate surface area is 49.8 Å². The van der Waals surface area contributed by atoms with Crippen molar-refractivity contribution < 1.29 is 0 Å². The lowest BCUT2D eigenvalue weighted by molar-refractivity contribution is 0.377. The van der Waals surface area contributed by atoms with E-state index in [1.807, 2.05) is 6.92 Å². The van der Waals surface area contributed by atoms with E-state index < -0.39 is 0 Å². The zero-order valence-corrected chi connectivity index (χ0v) is 5.15. The molecule has 0 aromatic rings. The molecule has 1 atom stereocenters. The van der Waals surface area contributed by atoms with Gasteiger partial charge in [0.1, 0.15) is 0 Å². The molecule has 0 aromatic carbocycles. The van der Waals surface area contributed by atoms with E-state index in [1.165, 1.54) is 0 Å². The molecule has 8 heavy (non-hydrogen) atoms. The fourth-order valence-electron chi connectivity index (χ4n) is 0.776. The summed E-state index contributed by atoms with van der Waals surface area (Å²) in [6.07, 6.45) is 5.14. The number of nitrogens with one attached hydrogen (secondary N) is 1. The van der Waals surface area contributed by atoms with Crippen LogP contribution < -0.4 is 11.1 Å². The van der Waals surface area contributed by atoms with Gasteiger partial charge in [0.25, 0.3) is 0 Å². The third-order valence-electron chi connectivity index (χ3n) is 1.33. The lowest BCUT2D eigenvalue weighted by Crippen LogP contribution is -2.51. The highest BCUT2D eigenvalue weighted by Crippen LogP contribution is 2.04. The van der Waals surface area contributed by atoms with E-state index in [0.717, 1.165) is 13.0 Å². The Hall–Kier alpha value is -0.340. The molecule has 0 fully saturated rings. The Morgan fingerprint density at radius 3 is 2.62 bits per heavy atom. The minimum absolute atomic E-state index is 0.158. The molecule has 2 nitrogen and oxygen atoms in total. The highest BCUT2D eigenvalue weighted by Gasteiger charge is 2.16. The predicted octanol–water partition coefficient (Wildman–Crippen LogP) is 0.211. The second-order valence-electron chi connectivity index (χ2n) is 2.47. The first-order valence-corrected chi connectivity index (χ1v) is 2.90. The quantitative estimate of drug-likeness (QED) is 0.440. The van der Waals surface area contributed by atoms with E-state index in [1.54, 1.807) is 0 Å². The standard InChI is InChI=1S/C6H12N2/c1-6(7)4-2-3-5-8-6/h2-3,8H,4-5,7H2,1H3/t6-/m0/s1. The maximum Gasteiger partial charge on any atom is 0.0670 e. The van der Waals surface area contributed by atoms with Crippen LogP contribution >= 0.6 is 0 Å². The van der Waals surface area contributed by atoms with Gasteiger partial charge in [0, 0.05) is 6.54 Å². The third-order valence-corrected chi connectivity index (χ3v) is 1.33. The zero-order chi connectivity index (χ0) is 6.04. The van der Waals surface area contributed by atoms with Crippen LogP contribution in [0.5, 0.6) is 0 Å². The molecule has 0 unspecified atom stereocenters. The molecule has 0 saturated heterocycles. The van der Waals surface area contributed by atoms with Gasteiger partial charge < -0.3 is 5.73 Å². The average Bonchev–Trinajstić information content (AvgIpc) is 1.65. The van der Waals surface area contributed by atoms with Crippen molar-refractivity contribution in [1.82, 2.24) is 5.32 Å². The molecule has 0 saturated carbocycles. The van der Waals surface area contributed by atoms with Crippen LogP contribution in [0.1, 0.15) is 13.3 Å². The minimum atomic E-state index is -0.158. The molecule has 0 spiro atoms. The maximum absolute atomic E-state index is 5.72. The summed E-state index contributed by atoms with van der Waals surface area (Å²) in [4.78, 5) is 0. The predicted molar refractivity (Wildman–Crippen MR) is 34.4 cm³/mol. The van der Waals surface area contributed by atoms with Gasteiger partial charge >= 0.3 is 0 Å². The largest absolute Gasteiger partial charge is 0.313 e. The second-order valence-corrected chi connectivity index (χ2v) is 2.47. The fourth-order valence-corrected chi connectivity index (χ4v) is 0.776. The third kappa shape index (κ3) is 1.32. The molecule has 0 amide bonds. The van der Waals surface area contributed by atoms with Crippen LogP contribution in [-0.2, 0) is 0 Å². The van der Waals surface area contributed by atoms with Gasteiger partial charge in [0.2, 0.25) is 0 Å². The van der Waals surface area contributed by atoms with Gasteiger partial charge in [-0.25, -0.2) is 0 Å². The van der Waals surface area contributed by atoms with Crippen LogP contribution in [0.2, 0.25) is 0 Å². The van der Waals surface area contributed by atoms with Crippen molar-refractivity contribution in [2.24, 2.45) is 5.73 Å². The minimum Gasteiger partial charge on any atom is -0.313 e. The van der Waals surface area contributed by atoms with Gasteiger partial charge in [-0.1, -0.05) is 12.2 Å². The summed E-state index contributed by atoms with van der Waals surface area (Å²) in [7, 11) is 0. The molecule has 1 heterocycles. The highest BCUT2D eigenvalue weighted by molar-refractivity contribution is 4.98. The van der Waals surface area contributed by atoms with Gasteiger partial charge in [-0.3, -0.25) is 5.32 Å². The Bertz CT molecular complexity index is 105. The first kappa shape index (κ1) is 5.79. The smallest absolute Gasteiger partial charge is 0.0670 e. The fraction of sp³-hybridized carbons (Fsp3) is 0.667. The molecule has 0 aromatic heterocycles. The van der Waals surface area contributed by atoms with E-state index >= 15 is 0 Å². The number of nitrogens with two attached hydrogens (primary N) is 1. The summed E-state index contributed by atoms with van der Waals surface area (Å²) >= 11 is 0. The van der Waals surface area contributed by atoms with Crippen LogP contribution in [0.3, 0.4) is 0 Å². The molecular weight excluding hydrogens is 100 g/mol. The molecule has 1 aliphatic heterocycles. The zero-order valence-electron chi connectivity index (χ0n) is 5.15. The summed E-state index contributed by atoms with van der Waals surface area (Å²) in [5, 5.41) is 3.15. The van der Waals surface area contributed by atoms with Crippen LogP contribution in [-0.4, -0.2) is 12.2 Å². The average molecular weight is 112 g/mol. The van der Waals surface area contributed by atoms with E-state index in [2.05, 4.69) is 17.5 Å².